The number of carbonyl (C=O) groups excluding carboxylic acids is 2. The Bertz CT molecular complexity index is 936. The summed E-state index contributed by atoms with van der Waals surface area (Å²) in [5, 5.41) is 0.987. The van der Waals surface area contributed by atoms with Gasteiger partial charge in [0.15, 0.2) is 0 Å². The minimum Gasteiger partial charge on any atom is -0.497 e. The minimum atomic E-state index is -0.426. The topological polar surface area (TPSA) is 92.4 Å². The summed E-state index contributed by atoms with van der Waals surface area (Å²) in [5.74, 6) is -0.00355. The molecule has 2 aromatic carbocycles. The van der Waals surface area contributed by atoms with E-state index in [1.165, 1.54) is 0 Å². The Morgan fingerprint density at radius 2 is 1.85 bits per heavy atom. The number of rotatable bonds is 7. The normalized spacial score (nSPS) is 10.6. The Balaban J connectivity index is 1.40. The predicted molar refractivity (Wildman–Crippen MR) is 101 cm³/mol. The van der Waals surface area contributed by atoms with E-state index in [1.54, 1.807) is 13.3 Å². The molecule has 0 spiro atoms. The fourth-order valence-corrected chi connectivity index (χ4v) is 2.69. The summed E-state index contributed by atoms with van der Waals surface area (Å²) in [7, 11) is 1.59. The maximum atomic E-state index is 12.0. The van der Waals surface area contributed by atoms with Crippen LogP contribution in [-0.4, -0.2) is 30.5 Å². The molecule has 0 aliphatic heterocycles. The molecule has 0 atom stereocenters. The fourth-order valence-electron chi connectivity index (χ4n) is 2.69. The summed E-state index contributed by atoms with van der Waals surface area (Å²) in [6, 6.07) is 15.1. The number of hydrogen-bond acceptors (Lipinski definition) is 4. The summed E-state index contributed by atoms with van der Waals surface area (Å²) in [6.07, 6.45) is 1.96. The zero-order valence-electron chi connectivity index (χ0n) is 15.0. The van der Waals surface area contributed by atoms with Crippen LogP contribution in [0, 0.1) is 0 Å². The molecule has 0 aliphatic carbocycles. The summed E-state index contributed by atoms with van der Waals surface area (Å²) >= 11 is 0. The van der Waals surface area contributed by atoms with Crippen LogP contribution in [0.2, 0.25) is 0 Å². The van der Waals surface area contributed by atoms with Gasteiger partial charge < -0.3 is 14.5 Å². The van der Waals surface area contributed by atoms with Crippen molar-refractivity contribution in [2.24, 2.45) is 0 Å². The number of fused-ring (bicyclic) bond motifs is 1. The van der Waals surface area contributed by atoms with Crippen molar-refractivity contribution in [2.45, 2.75) is 13.0 Å². The van der Waals surface area contributed by atoms with Crippen LogP contribution in [0.3, 0.4) is 0 Å². The Labute approximate surface area is 156 Å². The number of carbonyl (C=O) groups is 2. The molecule has 2 amide bonds. The van der Waals surface area contributed by atoms with E-state index < -0.39 is 5.91 Å². The van der Waals surface area contributed by atoms with E-state index in [1.807, 2.05) is 48.5 Å². The van der Waals surface area contributed by atoms with E-state index in [9.17, 15) is 9.59 Å². The van der Waals surface area contributed by atoms with Gasteiger partial charge in [0.25, 0.3) is 5.91 Å². The molecule has 3 rings (SSSR count). The van der Waals surface area contributed by atoms with E-state index in [0.717, 1.165) is 27.8 Å². The number of hydrogen-bond donors (Lipinski definition) is 3. The number of benzene rings is 2. The highest BCUT2D eigenvalue weighted by molar-refractivity contribution is 5.89. The lowest BCUT2D eigenvalue weighted by molar-refractivity contribution is -0.131. The number of nitrogens with one attached hydrogen (secondary N) is 3. The number of para-hydroxylation sites is 1. The molecule has 1 aromatic heterocycles. The first kappa shape index (κ1) is 18.5. The van der Waals surface area contributed by atoms with Crippen LogP contribution < -0.4 is 15.6 Å². The lowest BCUT2D eigenvalue weighted by atomic mass is 10.1. The van der Waals surface area contributed by atoms with Crippen molar-refractivity contribution in [3.63, 3.8) is 0 Å². The second kappa shape index (κ2) is 8.86. The fraction of sp³-hybridized carbons (Fsp3) is 0.200. The van der Waals surface area contributed by atoms with Crippen molar-refractivity contribution in [2.75, 3.05) is 13.7 Å². The molecule has 7 heteroatoms. The highest BCUT2D eigenvalue weighted by Gasteiger charge is 2.09. The number of amides is 2. The standard InChI is InChI=1S/C20H21N3O4/c1-26-16-6-4-5-14(9-16)12-27-13-20(25)23-22-19(24)10-15-11-21-18-8-3-2-7-17(15)18/h2-9,11,21H,10,12-13H2,1H3,(H,22,24)(H,23,25). The molecule has 0 bridgehead atoms. The van der Waals surface area contributed by atoms with Gasteiger partial charge in [-0.1, -0.05) is 30.3 Å². The van der Waals surface area contributed by atoms with Crippen LogP contribution in [0.25, 0.3) is 10.9 Å². The smallest absolute Gasteiger partial charge is 0.264 e. The van der Waals surface area contributed by atoms with Crippen molar-refractivity contribution in [1.82, 2.24) is 15.8 Å². The van der Waals surface area contributed by atoms with E-state index in [0.29, 0.717) is 0 Å². The third-order valence-corrected chi connectivity index (χ3v) is 4.00. The lowest BCUT2D eigenvalue weighted by Gasteiger charge is -2.08. The first-order chi connectivity index (χ1) is 13.2. The van der Waals surface area contributed by atoms with Gasteiger partial charge in [0.1, 0.15) is 12.4 Å². The third-order valence-electron chi connectivity index (χ3n) is 4.00. The van der Waals surface area contributed by atoms with Gasteiger partial charge in [-0.15, -0.1) is 0 Å². The van der Waals surface area contributed by atoms with Gasteiger partial charge in [-0.3, -0.25) is 20.4 Å². The van der Waals surface area contributed by atoms with Gasteiger partial charge in [0.05, 0.1) is 20.1 Å². The largest absolute Gasteiger partial charge is 0.497 e. The number of aromatic nitrogens is 1. The van der Waals surface area contributed by atoms with E-state index in [2.05, 4.69) is 15.8 Å². The van der Waals surface area contributed by atoms with Gasteiger partial charge in [-0.25, -0.2) is 0 Å². The van der Waals surface area contributed by atoms with Gasteiger partial charge in [-0.05, 0) is 29.3 Å². The van der Waals surface area contributed by atoms with Crippen LogP contribution in [0.15, 0.2) is 54.7 Å². The molecule has 3 aromatic rings. The Morgan fingerprint density at radius 3 is 2.70 bits per heavy atom. The number of hydrazine groups is 1. The highest BCUT2D eigenvalue weighted by atomic mass is 16.5. The average Bonchev–Trinajstić information content (AvgIpc) is 3.09. The predicted octanol–water partition coefficient (Wildman–Crippen LogP) is 2.08. The second-order valence-corrected chi connectivity index (χ2v) is 5.98. The SMILES string of the molecule is COc1cccc(COCC(=O)NNC(=O)Cc2c[nH]c3ccccc23)c1. The van der Waals surface area contributed by atoms with Gasteiger partial charge in [-0.2, -0.15) is 0 Å². The Kier molecular flexibility index (Phi) is 6.06. The molecule has 0 saturated heterocycles. The maximum Gasteiger partial charge on any atom is 0.264 e. The van der Waals surface area contributed by atoms with Crippen LogP contribution in [0.1, 0.15) is 11.1 Å². The van der Waals surface area contributed by atoms with E-state index in [4.69, 9.17) is 9.47 Å². The summed E-state index contributed by atoms with van der Waals surface area (Å²) in [5.41, 5.74) is 7.48. The lowest BCUT2D eigenvalue weighted by Crippen LogP contribution is -2.44. The summed E-state index contributed by atoms with van der Waals surface area (Å²) in [4.78, 5) is 26.9. The van der Waals surface area contributed by atoms with Crippen LogP contribution in [-0.2, 0) is 27.4 Å². The molecular weight excluding hydrogens is 346 g/mol. The summed E-state index contributed by atoms with van der Waals surface area (Å²) in [6.45, 7) is 0.110. The minimum absolute atomic E-state index is 0.162. The maximum absolute atomic E-state index is 12.0. The number of H-pyrrole nitrogens is 1. The molecule has 0 fully saturated rings. The van der Waals surface area contributed by atoms with Crippen molar-refractivity contribution in [3.05, 3.63) is 65.9 Å². The number of aromatic amines is 1. The molecule has 1 heterocycles. The quantitative estimate of drug-likeness (QED) is 0.558. The highest BCUT2D eigenvalue weighted by Crippen LogP contribution is 2.17. The number of ether oxygens (including phenoxy) is 2. The van der Waals surface area contributed by atoms with Crippen molar-refractivity contribution < 1.29 is 19.1 Å². The molecule has 0 aliphatic rings. The molecule has 0 unspecified atom stereocenters. The first-order valence-electron chi connectivity index (χ1n) is 8.49. The molecule has 0 radical (unpaired) electrons. The van der Waals surface area contributed by atoms with Gasteiger partial charge in [0, 0.05) is 17.1 Å². The van der Waals surface area contributed by atoms with Gasteiger partial charge in [0.2, 0.25) is 5.91 Å². The summed E-state index contributed by atoms with van der Waals surface area (Å²) < 4.78 is 10.5. The Morgan fingerprint density at radius 1 is 1.04 bits per heavy atom. The molecule has 0 saturated carbocycles. The molecule has 140 valence electrons. The second-order valence-electron chi connectivity index (χ2n) is 5.98. The monoisotopic (exact) mass is 367 g/mol. The molecule has 7 nitrogen and oxygen atoms in total. The van der Waals surface area contributed by atoms with Crippen LogP contribution in [0.5, 0.6) is 5.75 Å². The molecular formula is C20H21N3O4. The number of methoxy groups -OCH3 is 1. The van der Waals surface area contributed by atoms with Crippen LogP contribution in [0.4, 0.5) is 0 Å². The van der Waals surface area contributed by atoms with E-state index >= 15 is 0 Å². The van der Waals surface area contributed by atoms with Crippen molar-refractivity contribution in [1.29, 1.82) is 0 Å². The van der Waals surface area contributed by atoms with E-state index in [-0.39, 0.29) is 25.5 Å². The molecule has 3 N–H and O–H groups in total. The van der Waals surface area contributed by atoms with Crippen molar-refractivity contribution >= 4 is 22.7 Å². The zero-order chi connectivity index (χ0) is 19.1. The van der Waals surface area contributed by atoms with Crippen LogP contribution >= 0.6 is 0 Å². The third kappa shape index (κ3) is 5.08. The molecule has 27 heavy (non-hydrogen) atoms. The van der Waals surface area contributed by atoms with Crippen molar-refractivity contribution in [3.8, 4) is 5.75 Å². The first-order valence-corrected chi connectivity index (χ1v) is 8.49. The zero-order valence-corrected chi connectivity index (χ0v) is 15.0. The average molecular weight is 367 g/mol. The van der Waals surface area contributed by atoms with Gasteiger partial charge >= 0.3 is 0 Å². The Hall–Kier alpha value is -3.32.